The molecule has 0 radical (unpaired) electrons. The first kappa shape index (κ1) is 12.3. The van der Waals surface area contributed by atoms with Crippen molar-refractivity contribution in [2.75, 3.05) is 6.54 Å². The Labute approximate surface area is 95.5 Å². The summed E-state index contributed by atoms with van der Waals surface area (Å²) >= 11 is 0. The molecule has 0 amide bonds. The lowest BCUT2D eigenvalue weighted by atomic mass is 10.2. The van der Waals surface area contributed by atoms with Crippen LogP contribution in [0.5, 0.6) is 0 Å². The molecule has 1 heterocycles. The third-order valence-corrected chi connectivity index (χ3v) is 1.51. The molecule has 4 heteroatoms. The number of hydrogen-bond donors (Lipinski definition) is 1. The monoisotopic (exact) mass is 291 g/mol. The lowest BCUT2D eigenvalue weighted by Gasteiger charge is -1.96. The van der Waals surface area contributed by atoms with E-state index in [-0.39, 0.29) is 24.0 Å². The van der Waals surface area contributed by atoms with Gasteiger partial charge in [-0.2, -0.15) is 0 Å². The van der Waals surface area contributed by atoms with E-state index in [9.17, 15) is 0 Å². The van der Waals surface area contributed by atoms with E-state index in [4.69, 9.17) is 5.73 Å². The van der Waals surface area contributed by atoms with Gasteiger partial charge in [-0.3, -0.25) is 9.98 Å². The van der Waals surface area contributed by atoms with Gasteiger partial charge in [0.05, 0.1) is 5.84 Å². The third-order valence-electron chi connectivity index (χ3n) is 1.51. The molecule has 0 atom stereocenters. The molecule has 72 valence electrons. The number of pyridine rings is 1. The summed E-state index contributed by atoms with van der Waals surface area (Å²) in [6, 6.07) is 3.97. The van der Waals surface area contributed by atoms with Gasteiger partial charge in [0.25, 0.3) is 0 Å². The van der Waals surface area contributed by atoms with E-state index in [1.165, 1.54) is 5.56 Å². The molecule has 0 aliphatic rings. The molecular weight excluding hydrogens is 277 g/mol. The molecule has 0 spiro atoms. The average Bonchev–Trinajstić information content (AvgIpc) is 2.05. The maximum Gasteiger partial charge on any atom is 0.0905 e. The van der Waals surface area contributed by atoms with Crippen LogP contribution in [0.4, 0.5) is 0 Å². The van der Waals surface area contributed by atoms with Gasteiger partial charge in [-0.15, -0.1) is 24.0 Å². The van der Waals surface area contributed by atoms with Gasteiger partial charge in [0.1, 0.15) is 0 Å². The van der Waals surface area contributed by atoms with Gasteiger partial charge in [0, 0.05) is 18.9 Å². The van der Waals surface area contributed by atoms with Crippen molar-refractivity contribution in [2.24, 2.45) is 10.7 Å². The number of nitrogens with two attached hydrogens (primary N) is 1. The lowest BCUT2D eigenvalue weighted by Crippen LogP contribution is -2.06. The minimum atomic E-state index is 0. The van der Waals surface area contributed by atoms with Gasteiger partial charge in [0.2, 0.25) is 0 Å². The minimum absolute atomic E-state index is 0. The molecular formula is C9H14IN3. The molecule has 0 fully saturated rings. The molecule has 3 nitrogen and oxygen atoms in total. The average molecular weight is 291 g/mol. The Morgan fingerprint density at radius 1 is 1.46 bits per heavy atom. The summed E-state index contributed by atoms with van der Waals surface area (Å²) in [7, 11) is 0. The number of halogens is 1. The first-order chi connectivity index (χ1) is 5.79. The predicted molar refractivity (Wildman–Crippen MR) is 65.5 cm³/mol. The zero-order valence-electron chi connectivity index (χ0n) is 7.60. The van der Waals surface area contributed by atoms with Crippen molar-refractivity contribution in [3.8, 4) is 0 Å². The molecule has 0 saturated carbocycles. The predicted octanol–water partition coefficient (Wildman–Crippen LogP) is 1.62. The summed E-state index contributed by atoms with van der Waals surface area (Å²) < 4.78 is 0. The zero-order valence-corrected chi connectivity index (χ0v) is 9.93. The van der Waals surface area contributed by atoms with Crippen LogP contribution in [-0.2, 0) is 6.42 Å². The SMILES string of the molecule is CC(N)=NCCc1ccncc1.I. The van der Waals surface area contributed by atoms with Crippen LogP contribution < -0.4 is 5.73 Å². The van der Waals surface area contributed by atoms with E-state index in [2.05, 4.69) is 9.98 Å². The number of aliphatic imine (C=N–C) groups is 1. The van der Waals surface area contributed by atoms with Gasteiger partial charge in [0.15, 0.2) is 0 Å². The van der Waals surface area contributed by atoms with Crippen LogP contribution in [0.3, 0.4) is 0 Å². The molecule has 0 saturated heterocycles. The van der Waals surface area contributed by atoms with E-state index in [0.29, 0.717) is 5.84 Å². The number of nitrogens with zero attached hydrogens (tertiary/aromatic N) is 2. The highest BCUT2D eigenvalue weighted by molar-refractivity contribution is 14.0. The zero-order chi connectivity index (χ0) is 8.81. The van der Waals surface area contributed by atoms with Crippen molar-refractivity contribution >= 4 is 29.8 Å². The molecule has 0 aromatic carbocycles. The van der Waals surface area contributed by atoms with Gasteiger partial charge >= 0.3 is 0 Å². The Kier molecular flexibility index (Phi) is 6.48. The third kappa shape index (κ3) is 5.57. The summed E-state index contributed by atoms with van der Waals surface area (Å²) in [5, 5.41) is 0. The highest BCUT2D eigenvalue weighted by Crippen LogP contribution is 1.96. The topological polar surface area (TPSA) is 51.3 Å². The number of hydrogen-bond acceptors (Lipinski definition) is 2. The molecule has 0 bridgehead atoms. The Hall–Kier alpha value is -0.650. The van der Waals surface area contributed by atoms with Crippen LogP contribution >= 0.6 is 24.0 Å². The van der Waals surface area contributed by atoms with Crippen molar-refractivity contribution in [1.82, 2.24) is 4.98 Å². The van der Waals surface area contributed by atoms with E-state index < -0.39 is 0 Å². The van der Waals surface area contributed by atoms with Crippen LogP contribution in [0.2, 0.25) is 0 Å². The van der Waals surface area contributed by atoms with Gasteiger partial charge < -0.3 is 5.73 Å². The Balaban J connectivity index is 0.00000144. The minimum Gasteiger partial charge on any atom is -0.388 e. The van der Waals surface area contributed by atoms with Crippen molar-refractivity contribution in [2.45, 2.75) is 13.3 Å². The molecule has 1 aromatic heterocycles. The van der Waals surface area contributed by atoms with Gasteiger partial charge in [-0.05, 0) is 31.0 Å². The summed E-state index contributed by atoms with van der Waals surface area (Å²) in [5.74, 6) is 0.643. The van der Waals surface area contributed by atoms with Crippen LogP contribution in [-0.4, -0.2) is 17.4 Å². The molecule has 1 aromatic rings. The van der Waals surface area contributed by atoms with Crippen LogP contribution in [0.1, 0.15) is 12.5 Å². The van der Waals surface area contributed by atoms with Crippen LogP contribution in [0.25, 0.3) is 0 Å². The summed E-state index contributed by atoms with van der Waals surface area (Å²) in [5.41, 5.74) is 6.64. The van der Waals surface area contributed by atoms with E-state index in [1.807, 2.05) is 12.1 Å². The highest BCUT2D eigenvalue weighted by atomic mass is 127. The molecule has 1 rings (SSSR count). The summed E-state index contributed by atoms with van der Waals surface area (Å²) in [6.45, 7) is 2.55. The Morgan fingerprint density at radius 2 is 2.08 bits per heavy atom. The molecule has 13 heavy (non-hydrogen) atoms. The number of rotatable bonds is 3. The second-order valence-corrected chi connectivity index (χ2v) is 2.63. The van der Waals surface area contributed by atoms with Crippen molar-refractivity contribution in [3.05, 3.63) is 30.1 Å². The van der Waals surface area contributed by atoms with E-state index in [1.54, 1.807) is 19.3 Å². The smallest absolute Gasteiger partial charge is 0.0905 e. The maximum atomic E-state index is 5.39. The van der Waals surface area contributed by atoms with E-state index >= 15 is 0 Å². The summed E-state index contributed by atoms with van der Waals surface area (Å²) in [4.78, 5) is 8.02. The van der Waals surface area contributed by atoms with Crippen molar-refractivity contribution in [1.29, 1.82) is 0 Å². The maximum absolute atomic E-state index is 5.39. The fourth-order valence-corrected chi connectivity index (χ4v) is 0.911. The van der Waals surface area contributed by atoms with Crippen molar-refractivity contribution < 1.29 is 0 Å². The molecule has 0 unspecified atom stereocenters. The second kappa shape index (κ2) is 6.82. The standard InChI is InChI=1S/C9H13N3.HI/c1-8(10)12-7-4-9-2-5-11-6-3-9;/h2-3,5-6H,4,7H2,1H3,(H2,10,12);1H. The highest BCUT2D eigenvalue weighted by Gasteiger charge is 1.89. The molecule has 0 aliphatic carbocycles. The number of aromatic nitrogens is 1. The van der Waals surface area contributed by atoms with Crippen molar-refractivity contribution in [3.63, 3.8) is 0 Å². The Morgan fingerprint density at radius 3 is 2.62 bits per heavy atom. The van der Waals surface area contributed by atoms with Gasteiger partial charge in [-0.25, -0.2) is 0 Å². The molecule has 0 aliphatic heterocycles. The normalized spacial score (nSPS) is 10.7. The van der Waals surface area contributed by atoms with E-state index in [0.717, 1.165) is 13.0 Å². The first-order valence-electron chi connectivity index (χ1n) is 3.94. The first-order valence-corrected chi connectivity index (χ1v) is 3.94. The fourth-order valence-electron chi connectivity index (χ4n) is 0.911. The second-order valence-electron chi connectivity index (χ2n) is 2.63. The Bertz CT molecular complexity index is 255. The quantitative estimate of drug-likeness (QED) is 0.522. The fraction of sp³-hybridized carbons (Fsp3) is 0.333. The van der Waals surface area contributed by atoms with Crippen LogP contribution in [0.15, 0.2) is 29.5 Å². The summed E-state index contributed by atoms with van der Waals surface area (Å²) in [6.07, 6.45) is 4.50. The largest absolute Gasteiger partial charge is 0.388 e. The van der Waals surface area contributed by atoms with Gasteiger partial charge in [-0.1, -0.05) is 0 Å². The van der Waals surface area contributed by atoms with Crippen LogP contribution in [0, 0.1) is 0 Å². The number of amidine groups is 1. The molecule has 2 N–H and O–H groups in total. The lowest BCUT2D eigenvalue weighted by molar-refractivity contribution is 0.959.